The number of carbonyl (C=O) groups is 2. The van der Waals surface area contributed by atoms with Crippen LogP contribution in [0.2, 0.25) is 5.02 Å². The second kappa shape index (κ2) is 11.6. The van der Waals surface area contributed by atoms with Crippen LogP contribution in [0.3, 0.4) is 0 Å². The van der Waals surface area contributed by atoms with Gasteiger partial charge in [-0.15, -0.1) is 0 Å². The lowest BCUT2D eigenvalue weighted by Gasteiger charge is -2.30. The third kappa shape index (κ3) is 6.21. The van der Waals surface area contributed by atoms with Crippen LogP contribution in [0.1, 0.15) is 40.7 Å². The first-order chi connectivity index (χ1) is 18.1. The number of ether oxygens (including phenoxy) is 1. The zero-order chi connectivity index (χ0) is 25.6. The largest absolute Gasteiger partial charge is 0.449 e. The van der Waals surface area contributed by atoms with Crippen LogP contribution in [0.25, 0.3) is 6.08 Å². The highest BCUT2D eigenvalue weighted by atomic mass is 35.5. The van der Waals surface area contributed by atoms with Crippen molar-refractivity contribution < 1.29 is 19.2 Å². The molecule has 0 aromatic heterocycles. The van der Waals surface area contributed by atoms with Gasteiger partial charge in [-0.2, -0.15) is 0 Å². The van der Waals surface area contributed by atoms with E-state index < -0.39 is 0 Å². The van der Waals surface area contributed by atoms with Gasteiger partial charge in [-0.1, -0.05) is 48.0 Å². The summed E-state index contributed by atoms with van der Waals surface area (Å²) in [5.41, 5.74) is 3.06. The normalized spacial score (nSPS) is 16.5. The first-order valence-electron chi connectivity index (χ1n) is 12.8. The van der Waals surface area contributed by atoms with Gasteiger partial charge in [0.05, 0.1) is 31.9 Å². The number of nitrogens with one attached hydrogen (secondary N) is 2. The summed E-state index contributed by atoms with van der Waals surface area (Å²) in [6.07, 6.45) is 5.33. The Morgan fingerprint density at radius 1 is 1.00 bits per heavy atom. The van der Waals surface area contributed by atoms with Crippen molar-refractivity contribution in [3.63, 3.8) is 0 Å². The molecule has 0 bridgehead atoms. The van der Waals surface area contributed by atoms with E-state index in [1.165, 1.54) is 25.9 Å². The summed E-state index contributed by atoms with van der Waals surface area (Å²) in [6, 6.07) is 22.2. The average molecular weight is 517 g/mol. The summed E-state index contributed by atoms with van der Waals surface area (Å²) in [7, 11) is 0. The fourth-order valence-electron chi connectivity index (χ4n) is 4.84. The highest BCUT2D eigenvalue weighted by Crippen LogP contribution is 2.36. The molecule has 0 saturated carbocycles. The minimum absolute atomic E-state index is 0.0799. The van der Waals surface area contributed by atoms with E-state index in [1.807, 2.05) is 60.7 Å². The maximum absolute atomic E-state index is 13.4. The van der Waals surface area contributed by atoms with Gasteiger partial charge in [0.25, 0.3) is 11.8 Å². The van der Waals surface area contributed by atoms with Crippen molar-refractivity contribution in [1.29, 1.82) is 0 Å². The smallest absolute Gasteiger partial charge is 0.294 e. The van der Waals surface area contributed by atoms with E-state index in [4.69, 9.17) is 16.3 Å². The molecule has 6 nitrogen and oxygen atoms in total. The molecule has 3 aromatic carbocycles. The topological polar surface area (TPSA) is 63.1 Å². The van der Waals surface area contributed by atoms with E-state index in [1.54, 1.807) is 28.0 Å². The fourth-order valence-corrected chi connectivity index (χ4v) is 4.97. The fraction of sp³-hybridized carbons (Fsp3) is 0.267. The molecule has 2 N–H and O–H groups in total. The Morgan fingerprint density at radius 2 is 1.73 bits per heavy atom. The molecular formula is C30H31ClN3O3+. The maximum Gasteiger partial charge on any atom is 0.294 e. The van der Waals surface area contributed by atoms with Crippen LogP contribution < -0.4 is 19.9 Å². The highest BCUT2D eigenvalue weighted by Gasteiger charge is 2.30. The Kier molecular flexibility index (Phi) is 7.87. The molecule has 0 aliphatic carbocycles. The van der Waals surface area contributed by atoms with Gasteiger partial charge in [0.2, 0.25) is 0 Å². The molecule has 190 valence electrons. The van der Waals surface area contributed by atoms with Crippen LogP contribution in [-0.2, 0) is 11.3 Å². The Hall–Kier alpha value is -3.61. The third-order valence-electron chi connectivity index (χ3n) is 6.86. The molecule has 2 aliphatic heterocycles. The van der Waals surface area contributed by atoms with Gasteiger partial charge < -0.3 is 15.0 Å². The van der Waals surface area contributed by atoms with Crippen molar-refractivity contribution in [2.75, 3.05) is 31.1 Å². The van der Waals surface area contributed by atoms with E-state index in [2.05, 4.69) is 5.32 Å². The number of quaternary nitrogens is 1. The first kappa shape index (κ1) is 25.1. The van der Waals surface area contributed by atoms with Crippen LogP contribution in [0.5, 0.6) is 5.75 Å². The quantitative estimate of drug-likeness (QED) is 0.350. The van der Waals surface area contributed by atoms with Crippen molar-refractivity contribution >= 4 is 35.2 Å². The second-order valence-corrected chi connectivity index (χ2v) is 9.97. The summed E-state index contributed by atoms with van der Waals surface area (Å²) in [6.45, 7) is 4.69. The molecule has 1 fully saturated rings. The maximum atomic E-state index is 13.4. The van der Waals surface area contributed by atoms with Crippen LogP contribution in [0.4, 0.5) is 5.69 Å². The number of carbonyl (C=O) groups excluding carboxylic acids is 2. The predicted octanol–water partition coefficient (Wildman–Crippen LogP) is 4.11. The SMILES string of the molecule is O=C(NCCC[NH+]1CCCC1)c1ccc(C=C2Oc3ccccc3N(Cc3ccc(Cl)cc3)C2=O)cc1. The first-order valence-corrected chi connectivity index (χ1v) is 13.2. The lowest BCUT2D eigenvalue weighted by molar-refractivity contribution is -0.887. The lowest BCUT2D eigenvalue weighted by Crippen LogP contribution is -3.10. The number of fused-ring (bicyclic) bond motifs is 1. The number of nitrogens with zero attached hydrogens (tertiary/aromatic N) is 1. The van der Waals surface area contributed by atoms with Gasteiger partial charge in [0.15, 0.2) is 11.5 Å². The van der Waals surface area contributed by atoms with Gasteiger partial charge in [0.1, 0.15) is 0 Å². The second-order valence-electron chi connectivity index (χ2n) is 9.53. The van der Waals surface area contributed by atoms with E-state index in [-0.39, 0.29) is 17.6 Å². The van der Waals surface area contributed by atoms with Gasteiger partial charge in [0, 0.05) is 36.4 Å². The van der Waals surface area contributed by atoms with Crippen LogP contribution in [0.15, 0.2) is 78.6 Å². The molecular weight excluding hydrogens is 486 g/mol. The summed E-state index contributed by atoms with van der Waals surface area (Å²) in [5, 5.41) is 3.66. The monoisotopic (exact) mass is 516 g/mol. The number of rotatable bonds is 8. The number of para-hydroxylation sites is 2. The van der Waals surface area contributed by atoms with Crippen LogP contribution in [0, 0.1) is 0 Å². The zero-order valence-electron chi connectivity index (χ0n) is 20.7. The van der Waals surface area contributed by atoms with Crippen molar-refractivity contribution in [2.45, 2.75) is 25.8 Å². The van der Waals surface area contributed by atoms with Crippen molar-refractivity contribution in [1.82, 2.24) is 5.32 Å². The standard InChI is InChI=1S/C30H30ClN3O3/c31-25-14-10-23(11-15-25)21-34-26-6-1-2-7-27(26)37-28(30(34)36)20-22-8-12-24(13-9-22)29(35)32-16-5-19-33-17-3-4-18-33/h1-2,6-15,20H,3-5,16-19,21H2,(H,32,35)/p+1. The molecule has 37 heavy (non-hydrogen) atoms. The number of amides is 2. The minimum atomic E-state index is -0.226. The number of hydrogen-bond donors (Lipinski definition) is 2. The van der Waals surface area contributed by atoms with Gasteiger partial charge in [-0.05, 0) is 53.6 Å². The van der Waals surface area contributed by atoms with Crippen LogP contribution in [-0.4, -0.2) is 38.0 Å². The Bertz CT molecular complexity index is 1280. The Labute approximate surface area is 222 Å². The third-order valence-corrected chi connectivity index (χ3v) is 7.11. The molecule has 2 amide bonds. The molecule has 5 rings (SSSR count). The van der Waals surface area contributed by atoms with Gasteiger partial charge in [-0.25, -0.2) is 0 Å². The summed E-state index contributed by atoms with van der Waals surface area (Å²) in [4.78, 5) is 29.3. The van der Waals surface area contributed by atoms with Crippen molar-refractivity contribution in [2.24, 2.45) is 0 Å². The van der Waals surface area contributed by atoms with Crippen molar-refractivity contribution in [3.8, 4) is 5.75 Å². The predicted molar refractivity (Wildman–Crippen MR) is 146 cm³/mol. The molecule has 0 spiro atoms. The van der Waals surface area contributed by atoms with E-state index >= 15 is 0 Å². The molecule has 1 saturated heterocycles. The average Bonchev–Trinajstić information content (AvgIpc) is 3.44. The van der Waals surface area contributed by atoms with Gasteiger partial charge in [-0.3, -0.25) is 14.5 Å². The highest BCUT2D eigenvalue weighted by molar-refractivity contribution is 6.30. The lowest BCUT2D eigenvalue weighted by atomic mass is 10.1. The molecule has 2 aliphatic rings. The minimum Gasteiger partial charge on any atom is -0.449 e. The molecule has 2 heterocycles. The van der Waals surface area contributed by atoms with Gasteiger partial charge >= 0.3 is 0 Å². The summed E-state index contributed by atoms with van der Waals surface area (Å²) < 4.78 is 5.99. The number of likely N-dealkylation sites (tertiary alicyclic amines) is 1. The molecule has 0 unspecified atom stereocenters. The molecule has 0 atom stereocenters. The van der Waals surface area contributed by atoms with E-state index in [0.717, 1.165) is 29.8 Å². The molecule has 3 aromatic rings. The van der Waals surface area contributed by atoms with Crippen LogP contribution >= 0.6 is 11.6 Å². The zero-order valence-corrected chi connectivity index (χ0v) is 21.5. The van der Waals surface area contributed by atoms with E-state index in [9.17, 15) is 9.59 Å². The summed E-state index contributed by atoms with van der Waals surface area (Å²) >= 11 is 6.03. The van der Waals surface area contributed by atoms with E-state index in [0.29, 0.717) is 29.4 Å². The Balaban J connectivity index is 1.26. The molecule has 0 radical (unpaired) electrons. The number of anilines is 1. The van der Waals surface area contributed by atoms with Crippen molar-refractivity contribution in [3.05, 3.63) is 100 Å². The number of halogens is 1. The molecule has 7 heteroatoms. The Morgan fingerprint density at radius 3 is 2.49 bits per heavy atom. The summed E-state index contributed by atoms with van der Waals surface area (Å²) in [5.74, 6) is 0.544. The number of benzene rings is 3. The number of hydrogen-bond acceptors (Lipinski definition) is 3.